The van der Waals surface area contributed by atoms with Gasteiger partial charge in [0, 0.05) is 23.7 Å². The molecule has 0 spiro atoms. The predicted octanol–water partition coefficient (Wildman–Crippen LogP) is 4.83. The zero-order valence-corrected chi connectivity index (χ0v) is 18.9. The fourth-order valence-electron chi connectivity index (χ4n) is 3.93. The van der Waals surface area contributed by atoms with Gasteiger partial charge in [-0.1, -0.05) is 67.6 Å². The van der Waals surface area contributed by atoms with E-state index in [9.17, 15) is 4.79 Å². The maximum atomic E-state index is 13.1. The van der Waals surface area contributed by atoms with Crippen molar-refractivity contribution in [1.82, 2.24) is 10.2 Å². The van der Waals surface area contributed by atoms with Crippen LogP contribution < -0.4 is 10.1 Å². The van der Waals surface area contributed by atoms with Gasteiger partial charge in [-0.2, -0.15) is 0 Å². The molecule has 0 aromatic heterocycles. The van der Waals surface area contributed by atoms with Gasteiger partial charge in [-0.3, -0.25) is 4.79 Å². The van der Waals surface area contributed by atoms with Gasteiger partial charge >= 0.3 is 0 Å². The first-order valence-corrected chi connectivity index (χ1v) is 10.8. The number of carbonyl (C=O) groups excluding carboxylic acids is 1. The van der Waals surface area contributed by atoms with Crippen molar-refractivity contribution in [3.05, 3.63) is 89.5 Å². The number of para-hydroxylation sites is 1. The molecule has 0 bridgehead atoms. The number of rotatable bonds is 9. The van der Waals surface area contributed by atoms with E-state index in [0.29, 0.717) is 5.56 Å². The van der Waals surface area contributed by atoms with Crippen LogP contribution in [0.5, 0.6) is 5.75 Å². The molecule has 4 nitrogen and oxygen atoms in total. The summed E-state index contributed by atoms with van der Waals surface area (Å²) in [5.41, 5.74) is 5.00. The summed E-state index contributed by atoms with van der Waals surface area (Å²) < 4.78 is 5.69. The lowest BCUT2D eigenvalue weighted by Crippen LogP contribution is -2.43. The molecular weight excluding hydrogens is 384 g/mol. The minimum atomic E-state index is -0.0600. The average molecular weight is 417 g/mol. The van der Waals surface area contributed by atoms with Crippen molar-refractivity contribution in [2.24, 2.45) is 0 Å². The van der Waals surface area contributed by atoms with Crippen LogP contribution in [0.15, 0.2) is 72.8 Å². The number of carbonyl (C=O) groups is 1. The topological polar surface area (TPSA) is 41.6 Å². The Bertz CT molecular complexity index is 999. The molecular formula is C27H32N2O2. The van der Waals surface area contributed by atoms with E-state index in [2.05, 4.69) is 35.3 Å². The van der Waals surface area contributed by atoms with Crippen molar-refractivity contribution in [1.29, 1.82) is 0 Å². The highest BCUT2D eigenvalue weighted by molar-refractivity contribution is 5.96. The Morgan fingerprint density at radius 1 is 1.00 bits per heavy atom. The SMILES string of the molecule is CCc1cccc(-c2cccc(C(=O)N[C@@H](Cc3ccccc3)CN(C)C)c2)c1OC. The first-order chi connectivity index (χ1) is 15.0. The quantitative estimate of drug-likeness (QED) is 0.543. The molecule has 0 aliphatic heterocycles. The lowest BCUT2D eigenvalue weighted by atomic mass is 9.98. The van der Waals surface area contributed by atoms with Crippen LogP contribution in [0.2, 0.25) is 0 Å². The number of hydrogen-bond donors (Lipinski definition) is 1. The second-order valence-electron chi connectivity index (χ2n) is 8.05. The average Bonchev–Trinajstić information content (AvgIpc) is 2.78. The molecule has 3 aromatic carbocycles. The summed E-state index contributed by atoms with van der Waals surface area (Å²) in [6.07, 6.45) is 1.68. The third-order valence-electron chi connectivity index (χ3n) is 5.36. The Morgan fingerprint density at radius 3 is 2.42 bits per heavy atom. The van der Waals surface area contributed by atoms with Crippen LogP contribution in [0.3, 0.4) is 0 Å². The van der Waals surface area contributed by atoms with Gasteiger partial charge in [-0.05, 0) is 55.8 Å². The number of nitrogens with zero attached hydrogens (tertiary/aromatic N) is 1. The molecule has 1 N–H and O–H groups in total. The van der Waals surface area contributed by atoms with Crippen LogP contribution in [0.4, 0.5) is 0 Å². The molecule has 0 saturated carbocycles. The standard InChI is InChI=1S/C27H32N2O2/c1-5-21-13-10-16-25(26(21)31-4)22-14-9-15-23(18-22)27(30)28-24(19-29(2)3)17-20-11-7-6-8-12-20/h6-16,18,24H,5,17,19H2,1-4H3,(H,28,30)/t24-/m0/s1. The summed E-state index contributed by atoms with van der Waals surface area (Å²) in [5, 5.41) is 3.23. The number of ether oxygens (including phenoxy) is 1. The Morgan fingerprint density at radius 2 is 1.74 bits per heavy atom. The van der Waals surface area contributed by atoms with Gasteiger partial charge in [0.1, 0.15) is 5.75 Å². The van der Waals surface area contributed by atoms with Crippen molar-refractivity contribution in [2.75, 3.05) is 27.7 Å². The van der Waals surface area contributed by atoms with E-state index in [1.165, 1.54) is 5.56 Å². The van der Waals surface area contributed by atoms with E-state index in [4.69, 9.17) is 4.74 Å². The predicted molar refractivity (Wildman–Crippen MR) is 128 cm³/mol. The lowest BCUT2D eigenvalue weighted by Gasteiger charge is -2.23. The lowest BCUT2D eigenvalue weighted by molar-refractivity contribution is 0.0930. The molecule has 0 radical (unpaired) electrons. The highest BCUT2D eigenvalue weighted by Gasteiger charge is 2.17. The Labute approximate surface area is 185 Å². The zero-order chi connectivity index (χ0) is 22.2. The molecule has 0 heterocycles. The maximum absolute atomic E-state index is 13.1. The molecule has 0 saturated heterocycles. The van der Waals surface area contributed by atoms with E-state index in [1.54, 1.807) is 7.11 Å². The van der Waals surface area contributed by atoms with Crippen molar-refractivity contribution < 1.29 is 9.53 Å². The Hall–Kier alpha value is -3.11. The Balaban J connectivity index is 1.83. The van der Waals surface area contributed by atoms with Crippen molar-refractivity contribution in [3.63, 3.8) is 0 Å². The van der Waals surface area contributed by atoms with Gasteiger partial charge in [0.25, 0.3) is 5.91 Å². The van der Waals surface area contributed by atoms with Crippen LogP contribution in [0.25, 0.3) is 11.1 Å². The van der Waals surface area contributed by atoms with E-state index in [1.807, 2.05) is 68.7 Å². The minimum Gasteiger partial charge on any atom is -0.496 e. The number of amides is 1. The van der Waals surface area contributed by atoms with E-state index < -0.39 is 0 Å². The molecule has 31 heavy (non-hydrogen) atoms. The van der Waals surface area contributed by atoms with Gasteiger partial charge in [0.15, 0.2) is 0 Å². The number of hydrogen-bond acceptors (Lipinski definition) is 3. The summed E-state index contributed by atoms with van der Waals surface area (Å²) in [6, 6.07) is 24.2. The number of benzene rings is 3. The second kappa shape index (κ2) is 10.8. The van der Waals surface area contributed by atoms with Crippen molar-refractivity contribution >= 4 is 5.91 Å². The normalized spacial score (nSPS) is 11.9. The Kier molecular flexibility index (Phi) is 7.85. The molecule has 0 fully saturated rings. The summed E-state index contributed by atoms with van der Waals surface area (Å²) in [7, 11) is 5.75. The fraction of sp³-hybridized carbons (Fsp3) is 0.296. The molecule has 162 valence electrons. The van der Waals surface area contributed by atoms with Crippen LogP contribution in [-0.4, -0.2) is 44.6 Å². The highest BCUT2D eigenvalue weighted by Crippen LogP contribution is 2.33. The largest absolute Gasteiger partial charge is 0.496 e. The smallest absolute Gasteiger partial charge is 0.251 e. The van der Waals surface area contributed by atoms with Crippen molar-refractivity contribution in [2.45, 2.75) is 25.8 Å². The maximum Gasteiger partial charge on any atom is 0.251 e. The molecule has 0 unspecified atom stereocenters. The third-order valence-corrected chi connectivity index (χ3v) is 5.36. The number of nitrogens with one attached hydrogen (secondary N) is 1. The van der Waals surface area contributed by atoms with Crippen LogP contribution in [0, 0.1) is 0 Å². The van der Waals surface area contributed by atoms with E-state index in [-0.39, 0.29) is 11.9 Å². The number of aryl methyl sites for hydroxylation is 1. The second-order valence-corrected chi connectivity index (χ2v) is 8.05. The first kappa shape index (κ1) is 22.6. The van der Waals surface area contributed by atoms with Gasteiger partial charge < -0.3 is 15.0 Å². The monoisotopic (exact) mass is 416 g/mol. The van der Waals surface area contributed by atoms with Gasteiger partial charge in [-0.25, -0.2) is 0 Å². The molecule has 3 rings (SSSR count). The van der Waals surface area contributed by atoms with Gasteiger partial charge in [-0.15, -0.1) is 0 Å². The van der Waals surface area contributed by atoms with Gasteiger partial charge in [0.2, 0.25) is 0 Å². The third kappa shape index (κ3) is 5.96. The fourth-order valence-corrected chi connectivity index (χ4v) is 3.93. The van der Waals surface area contributed by atoms with Crippen molar-refractivity contribution in [3.8, 4) is 16.9 Å². The van der Waals surface area contributed by atoms with E-state index >= 15 is 0 Å². The first-order valence-electron chi connectivity index (χ1n) is 10.8. The van der Waals surface area contributed by atoms with Gasteiger partial charge in [0.05, 0.1) is 7.11 Å². The van der Waals surface area contributed by atoms with E-state index in [0.717, 1.165) is 41.8 Å². The molecule has 3 aromatic rings. The zero-order valence-electron chi connectivity index (χ0n) is 18.9. The summed E-state index contributed by atoms with van der Waals surface area (Å²) in [6.45, 7) is 2.88. The summed E-state index contributed by atoms with van der Waals surface area (Å²) in [4.78, 5) is 15.2. The number of methoxy groups -OCH3 is 1. The highest BCUT2D eigenvalue weighted by atomic mass is 16.5. The minimum absolute atomic E-state index is 0.0199. The van der Waals surface area contributed by atoms with Crippen LogP contribution in [0.1, 0.15) is 28.4 Å². The number of likely N-dealkylation sites (N-methyl/N-ethyl adjacent to an activating group) is 1. The molecule has 1 atom stereocenters. The van der Waals surface area contributed by atoms with Crippen LogP contribution >= 0.6 is 0 Å². The van der Waals surface area contributed by atoms with Crippen LogP contribution in [-0.2, 0) is 12.8 Å². The molecule has 1 amide bonds. The molecule has 0 aliphatic carbocycles. The summed E-state index contributed by atoms with van der Waals surface area (Å²) >= 11 is 0. The summed E-state index contributed by atoms with van der Waals surface area (Å²) in [5.74, 6) is 0.812. The molecule has 4 heteroatoms. The molecule has 0 aliphatic rings.